The van der Waals surface area contributed by atoms with E-state index in [1.807, 2.05) is 36.6 Å². The lowest BCUT2D eigenvalue weighted by atomic mass is 10.1. The summed E-state index contributed by atoms with van der Waals surface area (Å²) in [5.41, 5.74) is 4.87. The molecule has 0 bridgehead atoms. The Morgan fingerprint density at radius 3 is 2.13 bits per heavy atom. The highest BCUT2D eigenvalue weighted by Crippen LogP contribution is 2.21. The number of hydrogen-bond donors (Lipinski definition) is 2. The smallest absolute Gasteiger partial charge is 0.265 e. The molecule has 2 aromatic rings. The van der Waals surface area contributed by atoms with E-state index < -0.39 is 15.9 Å². The number of hydrogen-bond acceptors (Lipinski definition) is 4. The number of carbonyl (C=O) groups is 1. The second kappa shape index (κ2) is 6.80. The van der Waals surface area contributed by atoms with E-state index in [1.165, 1.54) is 16.4 Å². The average molecular weight is 333 g/mol. The lowest BCUT2D eigenvalue weighted by Gasteiger charge is -2.22. The minimum atomic E-state index is -3.46. The predicted octanol–water partition coefficient (Wildman–Crippen LogP) is 1.56. The largest absolute Gasteiger partial charge is 0.290 e. The van der Waals surface area contributed by atoms with Crippen LogP contribution < -0.4 is 15.6 Å². The van der Waals surface area contributed by atoms with E-state index in [-0.39, 0.29) is 6.54 Å². The Morgan fingerprint density at radius 1 is 1.09 bits per heavy atom. The summed E-state index contributed by atoms with van der Waals surface area (Å²) in [5.74, 6) is 4.65. The molecule has 0 aliphatic heterocycles. The molecular weight excluding hydrogens is 314 g/mol. The van der Waals surface area contributed by atoms with Crippen molar-refractivity contribution in [3.63, 3.8) is 0 Å². The molecule has 0 atom stereocenters. The molecule has 0 spiro atoms. The Kier molecular flexibility index (Phi) is 5.02. The maximum atomic E-state index is 12.1. The maximum Gasteiger partial charge on any atom is 0.265 e. The van der Waals surface area contributed by atoms with Gasteiger partial charge in [0.2, 0.25) is 10.0 Å². The van der Waals surface area contributed by atoms with Gasteiger partial charge in [-0.25, -0.2) is 14.3 Å². The molecule has 122 valence electrons. The van der Waals surface area contributed by atoms with Crippen LogP contribution in [0.1, 0.15) is 21.5 Å². The van der Waals surface area contributed by atoms with Crippen LogP contribution in [-0.4, -0.2) is 20.6 Å². The highest BCUT2D eigenvalue weighted by Gasteiger charge is 2.18. The Hall–Kier alpha value is -2.38. The van der Waals surface area contributed by atoms with Gasteiger partial charge >= 0.3 is 0 Å². The first-order valence-electron chi connectivity index (χ1n) is 6.95. The molecule has 6 nitrogen and oxygen atoms in total. The lowest BCUT2D eigenvalue weighted by Crippen LogP contribution is -2.31. The van der Waals surface area contributed by atoms with Crippen molar-refractivity contribution in [1.82, 2.24) is 5.43 Å². The number of nitrogens with one attached hydrogen (secondary N) is 1. The number of nitrogen functional groups attached to an aromatic ring is 1. The molecule has 2 rings (SSSR count). The van der Waals surface area contributed by atoms with Crippen molar-refractivity contribution in [1.29, 1.82) is 0 Å². The highest BCUT2D eigenvalue weighted by molar-refractivity contribution is 7.92. The fourth-order valence-electron chi connectivity index (χ4n) is 2.12. The lowest BCUT2D eigenvalue weighted by molar-refractivity contribution is 0.0953. The zero-order chi connectivity index (χ0) is 17.0. The van der Waals surface area contributed by atoms with Gasteiger partial charge in [-0.2, -0.15) is 0 Å². The summed E-state index contributed by atoms with van der Waals surface area (Å²) in [4.78, 5) is 11.4. The van der Waals surface area contributed by atoms with Crippen molar-refractivity contribution in [2.45, 2.75) is 13.5 Å². The van der Waals surface area contributed by atoms with Crippen molar-refractivity contribution in [2.75, 3.05) is 10.6 Å². The highest BCUT2D eigenvalue weighted by atomic mass is 32.2. The van der Waals surface area contributed by atoms with Gasteiger partial charge in [0.1, 0.15) is 0 Å². The van der Waals surface area contributed by atoms with Crippen LogP contribution in [0.2, 0.25) is 0 Å². The molecule has 1 amide bonds. The topological polar surface area (TPSA) is 92.5 Å². The number of aryl methyl sites for hydroxylation is 1. The SMILES string of the molecule is Cc1ccc(CN(c2ccc(C(=O)NN)cc2)S(C)(=O)=O)cc1. The van der Waals surface area contributed by atoms with Crippen molar-refractivity contribution in [3.8, 4) is 0 Å². The first-order chi connectivity index (χ1) is 10.8. The van der Waals surface area contributed by atoms with Crippen LogP contribution in [-0.2, 0) is 16.6 Å². The number of hydrazine groups is 1. The molecule has 7 heteroatoms. The number of carbonyl (C=O) groups excluding carboxylic acids is 1. The van der Waals surface area contributed by atoms with E-state index >= 15 is 0 Å². The van der Waals surface area contributed by atoms with Crippen LogP contribution in [0.25, 0.3) is 0 Å². The van der Waals surface area contributed by atoms with Crippen LogP contribution in [0.15, 0.2) is 48.5 Å². The Bertz CT molecular complexity index is 784. The number of anilines is 1. The van der Waals surface area contributed by atoms with E-state index in [0.717, 1.165) is 17.4 Å². The molecule has 0 heterocycles. The van der Waals surface area contributed by atoms with Crippen molar-refractivity contribution < 1.29 is 13.2 Å². The number of sulfonamides is 1. The van der Waals surface area contributed by atoms with Gasteiger partial charge in [-0.15, -0.1) is 0 Å². The van der Waals surface area contributed by atoms with Crippen molar-refractivity contribution in [2.24, 2.45) is 5.84 Å². The molecule has 0 saturated heterocycles. The van der Waals surface area contributed by atoms with Crippen LogP contribution in [0.3, 0.4) is 0 Å². The van der Waals surface area contributed by atoms with Gasteiger partial charge in [-0.3, -0.25) is 14.5 Å². The van der Waals surface area contributed by atoms with E-state index in [0.29, 0.717) is 11.3 Å². The van der Waals surface area contributed by atoms with Gasteiger partial charge in [0.25, 0.3) is 5.91 Å². The summed E-state index contributed by atoms with van der Waals surface area (Å²) in [6.45, 7) is 2.20. The minimum absolute atomic E-state index is 0.224. The van der Waals surface area contributed by atoms with E-state index in [4.69, 9.17) is 5.84 Å². The van der Waals surface area contributed by atoms with Crippen LogP contribution in [0.5, 0.6) is 0 Å². The van der Waals surface area contributed by atoms with Gasteiger partial charge < -0.3 is 0 Å². The van der Waals surface area contributed by atoms with E-state index in [9.17, 15) is 13.2 Å². The second-order valence-electron chi connectivity index (χ2n) is 5.28. The minimum Gasteiger partial charge on any atom is -0.290 e. The number of rotatable bonds is 5. The Balaban J connectivity index is 2.32. The molecule has 0 saturated carbocycles. The van der Waals surface area contributed by atoms with Crippen molar-refractivity contribution >= 4 is 21.6 Å². The molecule has 0 radical (unpaired) electrons. The summed E-state index contributed by atoms with van der Waals surface area (Å²) in [6.07, 6.45) is 1.15. The van der Waals surface area contributed by atoms with Gasteiger partial charge in [0.15, 0.2) is 0 Å². The molecule has 23 heavy (non-hydrogen) atoms. The number of amides is 1. The molecule has 0 unspecified atom stereocenters. The standard InChI is InChI=1S/C16H19N3O3S/c1-12-3-5-13(6-4-12)11-19(23(2,21)22)15-9-7-14(8-10-15)16(20)18-17/h3-10H,11,17H2,1-2H3,(H,18,20). The second-order valence-corrected chi connectivity index (χ2v) is 7.18. The van der Waals surface area contributed by atoms with Gasteiger partial charge in [-0.05, 0) is 36.8 Å². The number of nitrogens with zero attached hydrogens (tertiary/aromatic N) is 1. The average Bonchev–Trinajstić information content (AvgIpc) is 2.52. The van der Waals surface area contributed by atoms with Crippen LogP contribution in [0.4, 0.5) is 5.69 Å². The fraction of sp³-hybridized carbons (Fsp3) is 0.188. The fourth-order valence-corrected chi connectivity index (χ4v) is 3.01. The number of benzene rings is 2. The van der Waals surface area contributed by atoms with Crippen LogP contribution >= 0.6 is 0 Å². The third-order valence-corrected chi connectivity index (χ3v) is 4.54. The Morgan fingerprint density at radius 2 is 1.65 bits per heavy atom. The summed E-state index contributed by atoms with van der Waals surface area (Å²) < 4.78 is 25.5. The third-order valence-electron chi connectivity index (χ3n) is 3.40. The zero-order valence-corrected chi connectivity index (χ0v) is 13.8. The van der Waals surface area contributed by atoms with Gasteiger partial charge in [-0.1, -0.05) is 29.8 Å². The molecule has 2 aromatic carbocycles. The quantitative estimate of drug-likeness (QED) is 0.493. The molecule has 0 aliphatic rings. The molecule has 0 fully saturated rings. The molecular formula is C16H19N3O3S. The van der Waals surface area contributed by atoms with E-state index in [2.05, 4.69) is 0 Å². The third kappa shape index (κ3) is 4.30. The predicted molar refractivity (Wildman–Crippen MR) is 90.3 cm³/mol. The number of nitrogens with two attached hydrogens (primary N) is 1. The summed E-state index contributed by atoms with van der Waals surface area (Å²) >= 11 is 0. The normalized spacial score (nSPS) is 11.1. The van der Waals surface area contributed by atoms with Gasteiger partial charge in [0.05, 0.1) is 18.5 Å². The summed E-state index contributed by atoms with van der Waals surface area (Å²) in [6, 6.07) is 13.9. The molecule has 0 aliphatic carbocycles. The Labute approximate surface area is 135 Å². The first kappa shape index (κ1) is 17.0. The molecule has 3 N–H and O–H groups in total. The monoisotopic (exact) mass is 333 g/mol. The van der Waals surface area contributed by atoms with E-state index in [1.54, 1.807) is 12.1 Å². The zero-order valence-electron chi connectivity index (χ0n) is 13.0. The summed E-state index contributed by atoms with van der Waals surface area (Å²) in [5, 5.41) is 0. The van der Waals surface area contributed by atoms with Gasteiger partial charge in [0, 0.05) is 5.56 Å². The van der Waals surface area contributed by atoms with Crippen LogP contribution in [0, 0.1) is 6.92 Å². The first-order valence-corrected chi connectivity index (χ1v) is 8.80. The maximum absolute atomic E-state index is 12.1. The summed E-state index contributed by atoms with van der Waals surface area (Å²) in [7, 11) is -3.46. The molecule has 0 aromatic heterocycles. The van der Waals surface area contributed by atoms with Crippen molar-refractivity contribution in [3.05, 3.63) is 65.2 Å².